The fourth-order valence-corrected chi connectivity index (χ4v) is 3.34. The summed E-state index contributed by atoms with van der Waals surface area (Å²) in [6.45, 7) is 6.21. The summed E-state index contributed by atoms with van der Waals surface area (Å²) in [6, 6.07) is 6.67. The zero-order valence-electron chi connectivity index (χ0n) is 12.0. The molecule has 1 amide bonds. The van der Waals surface area contributed by atoms with E-state index in [1.807, 2.05) is 18.2 Å². The molecule has 0 aromatic heterocycles. The van der Waals surface area contributed by atoms with Gasteiger partial charge in [-0.25, -0.2) is 0 Å². The maximum absolute atomic E-state index is 11.8. The van der Waals surface area contributed by atoms with Crippen molar-refractivity contribution in [2.75, 3.05) is 18.0 Å². The number of amides is 1. The average Bonchev–Trinajstić information content (AvgIpc) is 2.45. The van der Waals surface area contributed by atoms with Crippen LogP contribution in [0.2, 0.25) is 0 Å². The predicted octanol–water partition coefficient (Wildman–Crippen LogP) is 2.51. The van der Waals surface area contributed by atoms with Gasteiger partial charge in [-0.15, -0.1) is 0 Å². The lowest BCUT2D eigenvalue weighted by molar-refractivity contribution is 0.1000. The largest absolute Gasteiger partial charge is 0.365 e. The van der Waals surface area contributed by atoms with Crippen LogP contribution in [0.1, 0.15) is 37.0 Å². The Morgan fingerprint density at radius 1 is 1.45 bits per heavy atom. The van der Waals surface area contributed by atoms with Crippen LogP contribution >= 0.6 is 15.9 Å². The Morgan fingerprint density at radius 3 is 2.80 bits per heavy atom. The van der Waals surface area contributed by atoms with Gasteiger partial charge in [0.15, 0.2) is 0 Å². The van der Waals surface area contributed by atoms with Crippen molar-refractivity contribution in [2.45, 2.75) is 38.8 Å². The van der Waals surface area contributed by atoms with Crippen LogP contribution in [0, 0.1) is 0 Å². The van der Waals surface area contributed by atoms with Crippen molar-refractivity contribution >= 4 is 27.5 Å². The molecule has 110 valence electrons. The molecule has 4 nitrogen and oxygen atoms in total. The maximum Gasteiger partial charge on any atom is 0.251 e. The van der Waals surface area contributed by atoms with Crippen LogP contribution in [0.15, 0.2) is 22.7 Å². The van der Waals surface area contributed by atoms with Gasteiger partial charge in [0, 0.05) is 29.6 Å². The van der Waals surface area contributed by atoms with Gasteiger partial charge in [0.2, 0.25) is 0 Å². The molecule has 1 heterocycles. The summed E-state index contributed by atoms with van der Waals surface area (Å²) in [5.74, 6) is -0.381. The Bertz CT molecular complexity index is 492. The van der Waals surface area contributed by atoms with E-state index in [0.717, 1.165) is 36.1 Å². The number of carbonyl (C=O) groups excluding carboxylic acids is 1. The van der Waals surface area contributed by atoms with Crippen LogP contribution in [0.5, 0.6) is 0 Å². The average molecular weight is 340 g/mol. The van der Waals surface area contributed by atoms with Crippen LogP contribution in [0.3, 0.4) is 0 Å². The number of hydrogen-bond acceptors (Lipinski definition) is 3. The number of primary amides is 1. The van der Waals surface area contributed by atoms with E-state index in [1.165, 1.54) is 0 Å². The minimum Gasteiger partial charge on any atom is -0.365 e. The number of carbonyl (C=O) groups is 1. The summed E-state index contributed by atoms with van der Waals surface area (Å²) in [5, 5.41) is 3.56. The third-order valence-electron chi connectivity index (χ3n) is 4.01. The molecule has 2 atom stereocenters. The van der Waals surface area contributed by atoms with Crippen molar-refractivity contribution in [3.63, 3.8) is 0 Å². The fraction of sp³-hybridized carbons (Fsp3) is 0.533. The lowest BCUT2D eigenvalue weighted by Crippen LogP contribution is -2.56. The summed E-state index contributed by atoms with van der Waals surface area (Å²) in [5.41, 5.74) is 7.09. The van der Waals surface area contributed by atoms with Crippen LogP contribution in [-0.4, -0.2) is 31.1 Å². The number of nitrogens with one attached hydrogen (secondary N) is 1. The number of anilines is 1. The summed E-state index contributed by atoms with van der Waals surface area (Å²) >= 11 is 3.45. The second-order valence-electron chi connectivity index (χ2n) is 5.23. The smallest absolute Gasteiger partial charge is 0.251 e. The highest BCUT2D eigenvalue weighted by Gasteiger charge is 2.28. The Labute approximate surface area is 128 Å². The van der Waals surface area contributed by atoms with Gasteiger partial charge in [0.1, 0.15) is 0 Å². The van der Waals surface area contributed by atoms with E-state index >= 15 is 0 Å². The number of nitrogens with two attached hydrogens (primary N) is 1. The zero-order valence-corrected chi connectivity index (χ0v) is 13.6. The first-order chi connectivity index (χ1) is 9.58. The summed E-state index contributed by atoms with van der Waals surface area (Å²) in [7, 11) is 0. The van der Waals surface area contributed by atoms with Crippen LogP contribution in [0.4, 0.5) is 5.69 Å². The quantitative estimate of drug-likeness (QED) is 0.886. The normalized spacial score (nSPS) is 22.9. The standard InChI is InChI=1S/C15H22BrN3O/c1-3-10-9-19(11(4-2)8-18-10)13-7-5-6-12(16)14(13)15(17)20/h5-7,10-11,18H,3-4,8-9H2,1-2H3,(H2,17,20). The topological polar surface area (TPSA) is 58.4 Å². The molecule has 20 heavy (non-hydrogen) atoms. The molecule has 1 aromatic carbocycles. The minimum atomic E-state index is -0.381. The second-order valence-corrected chi connectivity index (χ2v) is 6.08. The Hall–Kier alpha value is -1.07. The third kappa shape index (κ3) is 2.99. The zero-order chi connectivity index (χ0) is 14.7. The molecule has 3 N–H and O–H groups in total. The van der Waals surface area contributed by atoms with Gasteiger partial charge in [-0.3, -0.25) is 4.79 Å². The van der Waals surface area contributed by atoms with Crippen LogP contribution in [0.25, 0.3) is 0 Å². The Morgan fingerprint density at radius 2 is 2.20 bits per heavy atom. The van der Waals surface area contributed by atoms with E-state index in [0.29, 0.717) is 17.6 Å². The predicted molar refractivity (Wildman–Crippen MR) is 86.2 cm³/mol. The SMILES string of the molecule is CCC1CN(c2cccc(Br)c2C(N)=O)C(CC)CN1. The van der Waals surface area contributed by atoms with Crippen LogP contribution < -0.4 is 16.0 Å². The minimum absolute atomic E-state index is 0.381. The molecule has 1 saturated heterocycles. The number of nitrogens with zero attached hydrogens (tertiary/aromatic N) is 1. The number of rotatable bonds is 4. The Kier molecular flexibility index (Phi) is 5.05. The molecule has 0 spiro atoms. The third-order valence-corrected chi connectivity index (χ3v) is 4.67. The first-order valence-corrected chi connectivity index (χ1v) is 7.96. The second kappa shape index (κ2) is 6.59. The molecule has 1 aliphatic heterocycles. The number of halogens is 1. The van der Waals surface area contributed by atoms with Crippen molar-refractivity contribution in [1.82, 2.24) is 5.32 Å². The van der Waals surface area contributed by atoms with Gasteiger partial charge < -0.3 is 16.0 Å². The number of benzene rings is 1. The van der Waals surface area contributed by atoms with E-state index in [9.17, 15) is 4.79 Å². The van der Waals surface area contributed by atoms with E-state index < -0.39 is 0 Å². The van der Waals surface area contributed by atoms with Crippen molar-refractivity contribution in [1.29, 1.82) is 0 Å². The molecule has 0 aliphatic carbocycles. The van der Waals surface area contributed by atoms with Crippen molar-refractivity contribution in [2.24, 2.45) is 5.73 Å². The molecule has 1 fully saturated rings. The van der Waals surface area contributed by atoms with Gasteiger partial charge in [0.25, 0.3) is 5.91 Å². The molecule has 1 aliphatic rings. The van der Waals surface area contributed by atoms with Crippen LogP contribution in [-0.2, 0) is 0 Å². The van der Waals surface area contributed by atoms with Gasteiger partial charge in [-0.1, -0.05) is 19.9 Å². The van der Waals surface area contributed by atoms with Gasteiger partial charge in [0.05, 0.1) is 11.3 Å². The number of hydrogen-bond donors (Lipinski definition) is 2. The van der Waals surface area contributed by atoms with Gasteiger partial charge in [-0.2, -0.15) is 0 Å². The highest BCUT2D eigenvalue weighted by atomic mass is 79.9. The molecule has 0 radical (unpaired) electrons. The fourth-order valence-electron chi connectivity index (χ4n) is 2.79. The molecule has 1 aromatic rings. The first kappa shape index (κ1) is 15.3. The van der Waals surface area contributed by atoms with Gasteiger partial charge in [-0.05, 0) is 40.9 Å². The van der Waals surface area contributed by atoms with Gasteiger partial charge >= 0.3 is 0 Å². The molecule has 2 unspecified atom stereocenters. The van der Waals surface area contributed by atoms with Crippen molar-refractivity contribution in [3.8, 4) is 0 Å². The Balaban J connectivity index is 2.41. The van der Waals surface area contributed by atoms with Crippen molar-refractivity contribution in [3.05, 3.63) is 28.2 Å². The molecular formula is C15H22BrN3O. The summed E-state index contributed by atoms with van der Waals surface area (Å²) in [6.07, 6.45) is 2.11. The van der Waals surface area contributed by atoms with E-state index in [4.69, 9.17) is 5.73 Å². The highest BCUT2D eigenvalue weighted by molar-refractivity contribution is 9.10. The summed E-state index contributed by atoms with van der Waals surface area (Å²) < 4.78 is 0.768. The van der Waals surface area contributed by atoms with E-state index in [1.54, 1.807) is 0 Å². The monoisotopic (exact) mass is 339 g/mol. The lowest BCUT2D eigenvalue weighted by atomic mass is 10.0. The maximum atomic E-state index is 11.8. The first-order valence-electron chi connectivity index (χ1n) is 7.16. The van der Waals surface area contributed by atoms with E-state index in [-0.39, 0.29) is 5.91 Å². The molecule has 0 saturated carbocycles. The highest BCUT2D eigenvalue weighted by Crippen LogP contribution is 2.30. The molecule has 0 bridgehead atoms. The summed E-state index contributed by atoms with van der Waals surface area (Å²) in [4.78, 5) is 14.1. The molecule has 2 rings (SSSR count). The number of piperazine rings is 1. The molecule has 5 heteroatoms. The molecular weight excluding hydrogens is 318 g/mol. The van der Waals surface area contributed by atoms with E-state index in [2.05, 4.69) is 40.0 Å². The van der Waals surface area contributed by atoms with Crippen molar-refractivity contribution < 1.29 is 4.79 Å². The lowest BCUT2D eigenvalue weighted by Gasteiger charge is -2.42.